The molecule has 0 atom stereocenters. The van der Waals surface area contributed by atoms with Crippen LogP contribution >= 0.6 is 0 Å². The van der Waals surface area contributed by atoms with Crippen molar-refractivity contribution in [3.05, 3.63) is 88.8 Å². The highest BCUT2D eigenvalue weighted by Gasteiger charge is 2.20. The van der Waals surface area contributed by atoms with Gasteiger partial charge in [0, 0.05) is 25.5 Å². The average molecular weight is 556 g/mol. The second kappa shape index (κ2) is 14.6. The van der Waals surface area contributed by atoms with E-state index in [4.69, 9.17) is 5.11 Å². The Morgan fingerprint density at radius 1 is 0.675 bits per heavy atom. The highest BCUT2D eigenvalue weighted by atomic mass is 16.5. The Hall–Kier alpha value is -4.55. The lowest BCUT2D eigenvalue weighted by atomic mass is 10.0. The largest absolute Gasteiger partial charge is 0.478 e. The van der Waals surface area contributed by atoms with Crippen molar-refractivity contribution in [1.29, 1.82) is 0 Å². The van der Waals surface area contributed by atoms with Crippen LogP contribution in [0.2, 0.25) is 0 Å². The van der Waals surface area contributed by atoms with Gasteiger partial charge in [-0.2, -0.15) is 0 Å². The fourth-order valence-corrected chi connectivity index (χ4v) is 2.78. The number of ether oxygens (including phenoxy) is 2. The minimum absolute atomic E-state index is 0.132. The van der Waals surface area contributed by atoms with E-state index in [9.17, 15) is 29.4 Å². The summed E-state index contributed by atoms with van der Waals surface area (Å²) < 4.78 is 9.05. The van der Waals surface area contributed by atoms with E-state index in [0.29, 0.717) is 22.5 Å². The maximum atomic E-state index is 11.2. The normalized spacial score (nSPS) is 10.6. The van der Waals surface area contributed by atoms with Crippen LogP contribution in [0.25, 0.3) is 0 Å². The summed E-state index contributed by atoms with van der Waals surface area (Å²) in [6.45, 7) is 7.72. The number of nitrogens with zero attached hydrogens (tertiary/aromatic N) is 3. The molecule has 40 heavy (non-hydrogen) atoms. The molecule has 3 N–H and O–H groups in total. The molecule has 0 unspecified atom stereocenters. The Morgan fingerprint density at radius 3 is 1.43 bits per heavy atom. The number of esters is 2. The third-order valence-corrected chi connectivity index (χ3v) is 4.98. The lowest BCUT2D eigenvalue weighted by Gasteiger charge is -2.16. The summed E-state index contributed by atoms with van der Waals surface area (Å²) in [4.78, 5) is 55.3. The van der Waals surface area contributed by atoms with E-state index in [1.807, 2.05) is 0 Å². The zero-order chi connectivity index (χ0) is 30.7. The van der Waals surface area contributed by atoms with Crippen LogP contribution in [0.4, 0.5) is 0 Å². The smallest absolute Gasteiger partial charge is 0.337 e. The third kappa shape index (κ3) is 10.7. The van der Waals surface area contributed by atoms with Crippen LogP contribution in [0.15, 0.2) is 55.0 Å². The molecule has 3 heterocycles. The van der Waals surface area contributed by atoms with Gasteiger partial charge in [-0.3, -0.25) is 19.7 Å². The molecule has 0 amide bonds. The molecule has 3 aromatic heterocycles. The first-order valence-corrected chi connectivity index (χ1v) is 11.8. The zero-order valence-corrected chi connectivity index (χ0v) is 23.3. The number of aromatic carboxylic acids is 1. The molecule has 3 rings (SSSR count). The van der Waals surface area contributed by atoms with Gasteiger partial charge in [0.2, 0.25) is 0 Å². The highest BCUT2D eigenvalue weighted by molar-refractivity contribution is 5.96. The number of ketones is 1. The first kappa shape index (κ1) is 33.5. The van der Waals surface area contributed by atoms with E-state index in [-0.39, 0.29) is 17.0 Å². The molecule has 0 fully saturated rings. The number of Topliss-reactive ketones (excluding diaryl/α,β-unsaturated/α-hetero) is 1. The van der Waals surface area contributed by atoms with E-state index in [1.165, 1.54) is 70.1 Å². The van der Waals surface area contributed by atoms with Crippen molar-refractivity contribution in [2.75, 3.05) is 14.2 Å². The van der Waals surface area contributed by atoms with Crippen molar-refractivity contribution in [2.24, 2.45) is 0 Å². The fourth-order valence-electron chi connectivity index (χ4n) is 2.78. The van der Waals surface area contributed by atoms with Crippen molar-refractivity contribution in [2.45, 2.75) is 45.8 Å². The summed E-state index contributed by atoms with van der Waals surface area (Å²) in [6, 6.07) is 8.72. The highest BCUT2D eigenvalue weighted by Crippen LogP contribution is 2.18. The van der Waals surface area contributed by atoms with E-state index >= 15 is 0 Å². The van der Waals surface area contributed by atoms with Crippen molar-refractivity contribution in [3.8, 4) is 0 Å². The van der Waals surface area contributed by atoms with E-state index in [0.717, 1.165) is 0 Å². The van der Waals surface area contributed by atoms with Crippen LogP contribution < -0.4 is 0 Å². The second-order valence-corrected chi connectivity index (χ2v) is 9.25. The van der Waals surface area contributed by atoms with Crippen LogP contribution in [0.1, 0.15) is 87.6 Å². The molecule has 3 aromatic rings. The van der Waals surface area contributed by atoms with Crippen LogP contribution in [0.5, 0.6) is 0 Å². The first-order valence-electron chi connectivity index (χ1n) is 11.8. The number of carboxylic acid groups (broad SMARTS) is 1. The molecule has 0 aromatic carbocycles. The van der Waals surface area contributed by atoms with Crippen LogP contribution in [-0.2, 0) is 20.7 Å². The third-order valence-electron chi connectivity index (χ3n) is 4.98. The molecule has 0 aliphatic rings. The first-order chi connectivity index (χ1) is 18.5. The molecule has 0 radical (unpaired) electrons. The molecule has 0 bridgehead atoms. The summed E-state index contributed by atoms with van der Waals surface area (Å²) in [7, 11) is 2.60. The number of pyridine rings is 3. The van der Waals surface area contributed by atoms with E-state index < -0.39 is 29.1 Å². The molecular formula is C28H33N3O9. The standard InChI is InChI=1S/C10H13NO3.C9H11NO3.C9H9NO3/c1-10(2,13)8-6-7(4-5-11-8)9(12)14-3;1-9(2,13)7-5-6(8(11)12)3-4-10-7;1-6(11)8-5-7(3-4-10-8)9(12)13-2/h4-6,13H,1-3H3;3-5,13H,1-2H3,(H,11,12);3-5H,1-2H3. The topological polar surface area (TPSA) is 186 Å². The van der Waals surface area contributed by atoms with Crippen molar-refractivity contribution < 1.29 is 44.0 Å². The predicted octanol–water partition coefficient (Wildman–Crippen LogP) is 3.17. The SMILES string of the molecule is CC(C)(O)c1cc(C(=O)O)ccn1.COC(=O)c1ccnc(C(C)(C)O)c1.COC(=O)c1ccnc(C(C)=O)c1. The van der Waals surface area contributed by atoms with Crippen LogP contribution in [-0.4, -0.2) is 68.2 Å². The zero-order valence-electron chi connectivity index (χ0n) is 23.3. The predicted molar refractivity (Wildman–Crippen MR) is 143 cm³/mol. The molecule has 0 saturated carbocycles. The number of carboxylic acids is 1. The number of carbonyl (C=O) groups is 4. The summed E-state index contributed by atoms with van der Waals surface area (Å²) in [5.74, 6) is -2.10. The Bertz CT molecular complexity index is 1340. The number of rotatable bonds is 6. The average Bonchev–Trinajstić information content (AvgIpc) is 2.92. The number of aliphatic hydroxyl groups is 2. The summed E-state index contributed by atoms with van der Waals surface area (Å²) in [6.07, 6.45) is 4.25. The van der Waals surface area contributed by atoms with Crippen molar-refractivity contribution in [3.63, 3.8) is 0 Å². The Balaban J connectivity index is 0.000000300. The quantitative estimate of drug-likeness (QED) is 0.298. The number of carbonyl (C=O) groups excluding carboxylic acids is 3. The van der Waals surface area contributed by atoms with Crippen LogP contribution in [0, 0.1) is 0 Å². The minimum Gasteiger partial charge on any atom is -0.478 e. The summed E-state index contributed by atoms with van der Waals surface area (Å²) in [5.41, 5.74) is -0.236. The molecule has 214 valence electrons. The van der Waals surface area contributed by atoms with E-state index in [2.05, 4.69) is 24.4 Å². The molecule has 0 spiro atoms. The fraction of sp³-hybridized carbons (Fsp3) is 0.321. The Labute approximate surface area is 231 Å². The molecule has 0 saturated heterocycles. The van der Waals surface area contributed by atoms with Gasteiger partial charge < -0.3 is 24.8 Å². The van der Waals surface area contributed by atoms with Gasteiger partial charge in [-0.1, -0.05) is 0 Å². The van der Waals surface area contributed by atoms with Gasteiger partial charge in [-0.25, -0.2) is 14.4 Å². The number of methoxy groups -OCH3 is 2. The van der Waals surface area contributed by atoms with Crippen molar-refractivity contribution in [1.82, 2.24) is 15.0 Å². The molecular weight excluding hydrogens is 522 g/mol. The van der Waals surface area contributed by atoms with Gasteiger partial charge in [0.05, 0.1) is 42.3 Å². The molecule has 0 aliphatic heterocycles. The van der Waals surface area contributed by atoms with Gasteiger partial charge in [-0.15, -0.1) is 0 Å². The van der Waals surface area contributed by atoms with Gasteiger partial charge >= 0.3 is 17.9 Å². The Morgan fingerprint density at radius 2 is 1.05 bits per heavy atom. The maximum Gasteiger partial charge on any atom is 0.337 e. The molecule has 0 aliphatic carbocycles. The van der Waals surface area contributed by atoms with Gasteiger partial charge in [0.15, 0.2) is 5.78 Å². The van der Waals surface area contributed by atoms with Crippen molar-refractivity contribution >= 4 is 23.7 Å². The lowest BCUT2D eigenvalue weighted by Crippen LogP contribution is -2.18. The summed E-state index contributed by atoms with van der Waals surface area (Å²) in [5, 5.41) is 27.9. The molecule has 12 heteroatoms. The minimum atomic E-state index is -1.11. The number of aromatic nitrogens is 3. The van der Waals surface area contributed by atoms with Gasteiger partial charge in [-0.05, 0) is 64.1 Å². The number of hydrogen-bond acceptors (Lipinski definition) is 11. The van der Waals surface area contributed by atoms with Gasteiger partial charge in [0.25, 0.3) is 0 Å². The van der Waals surface area contributed by atoms with Crippen LogP contribution in [0.3, 0.4) is 0 Å². The second-order valence-electron chi connectivity index (χ2n) is 9.25. The Kier molecular flexibility index (Phi) is 12.2. The summed E-state index contributed by atoms with van der Waals surface area (Å²) >= 11 is 0. The lowest BCUT2D eigenvalue weighted by molar-refractivity contribution is 0.0588. The monoisotopic (exact) mass is 555 g/mol. The number of hydrogen-bond donors (Lipinski definition) is 3. The maximum absolute atomic E-state index is 11.2. The van der Waals surface area contributed by atoms with Gasteiger partial charge in [0.1, 0.15) is 16.9 Å². The van der Waals surface area contributed by atoms with E-state index in [1.54, 1.807) is 33.8 Å². The molecule has 12 nitrogen and oxygen atoms in total.